The summed E-state index contributed by atoms with van der Waals surface area (Å²) in [6.45, 7) is 18.4. The van der Waals surface area contributed by atoms with Crippen molar-refractivity contribution in [2.75, 3.05) is 0 Å². The average Bonchev–Trinajstić information content (AvgIpc) is 2.57. The van der Waals surface area contributed by atoms with Crippen LogP contribution in [0.5, 0.6) is 5.75 Å². The van der Waals surface area contributed by atoms with Crippen LogP contribution in [0.2, 0.25) is 0 Å². The van der Waals surface area contributed by atoms with E-state index in [1.807, 2.05) is 19.1 Å². The van der Waals surface area contributed by atoms with Crippen molar-refractivity contribution in [3.05, 3.63) is 68.8 Å². The number of hydrogen-bond acceptors (Lipinski definition) is 2. The average molecular weight is 409 g/mol. The second-order valence-electron chi connectivity index (χ2n) is 10.5. The van der Waals surface area contributed by atoms with Gasteiger partial charge in [-0.2, -0.15) is 0 Å². The summed E-state index contributed by atoms with van der Waals surface area (Å²) < 4.78 is 0. The number of benzene rings is 2. The highest BCUT2D eigenvalue weighted by atomic mass is 16.4. The van der Waals surface area contributed by atoms with Crippen LogP contribution in [0, 0.1) is 13.8 Å². The Morgan fingerprint density at radius 2 is 1.33 bits per heavy atom. The van der Waals surface area contributed by atoms with E-state index < -0.39 is 5.97 Å². The Morgan fingerprint density at radius 1 is 0.867 bits per heavy atom. The van der Waals surface area contributed by atoms with Crippen LogP contribution in [0.25, 0.3) is 6.08 Å². The Morgan fingerprint density at radius 3 is 1.80 bits per heavy atom. The Kier molecular flexibility index (Phi) is 6.56. The highest BCUT2D eigenvalue weighted by Crippen LogP contribution is 2.37. The third-order valence-corrected chi connectivity index (χ3v) is 5.44. The number of phenolic OH excluding ortho intramolecular Hbond substituents is 1. The molecule has 162 valence electrons. The summed E-state index contributed by atoms with van der Waals surface area (Å²) >= 11 is 0. The van der Waals surface area contributed by atoms with Crippen molar-refractivity contribution in [2.24, 2.45) is 0 Å². The molecule has 0 aliphatic heterocycles. The molecule has 0 aliphatic rings. The zero-order chi connectivity index (χ0) is 23.0. The third kappa shape index (κ3) is 5.33. The lowest BCUT2D eigenvalue weighted by molar-refractivity contribution is -0.132. The fourth-order valence-electron chi connectivity index (χ4n) is 3.85. The van der Waals surface area contributed by atoms with E-state index in [1.54, 1.807) is 13.0 Å². The van der Waals surface area contributed by atoms with Crippen LogP contribution in [-0.4, -0.2) is 16.2 Å². The van der Waals surface area contributed by atoms with E-state index in [4.69, 9.17) is 0 Å². The van der Waals surface area contributed by atoms with Crippen molar-refractivity contribution in [3.8, 4) is 5.75 Å². The second kappa shape index (κ2) is 8.29. The van der Waals surface area contributed by atoms with E-state index >= 15 is 0 Å². The molecule has 0 heterocycles. The highest BCUT2D eigenvalue weighted by molar-refractivity contribution is 5.92. The van der Waals surface area contributed by atoms with Gasteiger partial charge in [-0.3, -0.25) is 0 Å². The molecule has 0 aliphatic carbocycles. The number of aryl methyl sites for hydroxylation is 2. The molecule has 0 spiro atoms. The van der Waals surface area contributed by atoms with Crippen molar-refractivity contribution >= 4 is 12.0 Å². The SMILES string of the molecule is CC(=Cc1c(Cc2cc(C)cc(C(C)(C)C)c2O)cc(C)cc1C(C)(C)C)C(=O)O. The minimum Gasteiger partial charge on any atom is -0.507 e. The molecule has 0 saturated carbocycles. The normalized spacial score (nSPS) is 12.9. The van der Waals surface area contributed by atoms with Gasteiger partial charge in [0.15, 0.2) is 0 Å². The van der Waals surface area contributed by atoms with E-state index in [1.165, 1.54) is 0 Å². The van der Waals surface area contributed by atoms with Crippen molar-refractivity contribution in [3.63, 3.8) is 0 Å². The minimum absolute atomic E-state index is 0.142. The number of carboxylic acid groups (broad SMARTS) is 1. The van der Waals surface area contributed by atoms with Gasteiger partial charge in [0.1, 0.15) is 5.75 Å². The summed E-state index contributed by atoms with van der Waals surface area (Å²) in [5.74, 6) is -0.591. The van der Waals surface area contributed by atoms with Gasteiger partial charge in [0.25, 0.3) is 0 Å². The first-order valence-corrected chi connectivity index (χ1v) is 10.5. The number of aromatic hydroxyl groups is 1. The van der Waals surface area contributed by atoms with Crippen LogP contribution in [-0.2, 0) is 22.0 Å². The van der Waals surface area contributed by atoms with Crippen LogP contribution in [0.3, 0.4) is 0 Å². The Balaban J connectivity index is 2.77. The molecule has 0 bridgehead atoms. The molecule has 2 rings (SSSR count). The predicted octanol–water partition coefficient (Wildman–Crippen LogP) is 6.68. The maximum Gasteiger partial charge on any atom is 0.331 e. The number of carboxylic acids is 1. The van der Waals surface area contributed by atoms with Gasteiger partial charge in [-0.25, -0.2) is 4.79 Å². The monoisotopic (exact) mass is 408 g/mol. The third-order valence-electron chi connectivity index (χ3n) is 5.44. The number of aliphatic carboxylic acids is 1. The molecule has 30 heavy (non-hydrogen) atoms. The molecule has 2 N–H and O–H groups in total. The van der Waals surface area contributed by atoms with Crippen LogP contribution >= 0.6 is 0 Å². The summed E-state index contributed by atoms with van der Waals surface area (Å²) in [6.07, 6.45) is 2.31. The molecule has 2 aromatic carbocycles. The molecule has 0 unspecified atom stereocenters. The first-order valence-electron chi connectivity index (χ1n) is 10.5. The molecule has 0 radical (unpaired) electrons. The second-order valence-corrected chi connectivity index (χ2v) is 10.5. The molecule has 2 aromatic rings. The lowest BCUT2D eigenvalue weighted by Gasteiger charge is -2.26. The number of carbonyl (C=O) groups is 1. The van der Waals surface area contributed by atoms with Gasteiger partial charge >= 0.3 is 5.97 Å². The first kappa shape index (κ1) is 23.7. The fraction of sp³-hybridized carbons (Fsp3) is 0.444. The summed E-state index contributed by atoms with van der Waals surface area (Å²) in [6, 6.07) is 8.32. The van der Waals surface area contributed by atoms with Gasteiger partial charge in [-0.1, -0.05) is 76.9 Å². The summed E-state index contributed by atoms with van der Waals surface area (Å²) in [5, 5.41) is 20.5. The van der Waals surface area contributed by atoms with E-state index in [-0.39, 0.29) is 10.8 Å². The Hall–Kier alpha value is -2.55. The van der Waals surface area contributed by atoms with Crippen LogP contribution in [0.1, 0.15) is 87.4 Å². The number of hydrogen-bond donors (Lipinski definition) is 2. The molecular formula is C27H36O3. The maximum atomic E-state index is 11.5. The fourth-order valence-corrected chi connectivity index (χ4v) is 3.85. The van der Waals surface area contributed by atoms with Crippen LogP contribution < -0.4 is 0 Å². The maximum absolute atomic E-state index is 11.5. The minimum atomic E-state index is -0.921. The van der Waals surface area contributed by atoms with Crippen molar-refractivity contribution in [1.29, 1.82) is 0 Å². The molecule has 3 nitrogen and oxygen atoms in total. The van der Waals surface area contributed by atoms with Gasteiger partial charge in [0, 0.05) is 12.0 Å². The van der Waals surface area contributed by atoms with E-state index in [9.17, 15) is 15.0 Å². The largest absolute Gasteiger partial charge is 0.507 e. The van der Waals surface area contributed by atoms with E-state index in [0.29, 0.717) is 17.7 Å². The molecule has 0 fully saturated rings. The molecule has 3 heteroatoms. The Bertz CT molecular complexity index is 996. The lowest BCUT2D eigenvalue weighted by atomic mass is 9.79. The highest BCUT2D eigenvalue weighted by Gasteiger charge is 2.24. The molecule has 0 amide bonds. The van der Waals surface area contributed by atoms with Gasteiger partial charge in [0.05, 0.1) is 0 Å². The van der Waals surface area contributed by atoms with Crippen molar-refractivity contribution in [1.82, 2.24) is 0 Å². The summed E-state index contributed by atoms with van der Waals surface area (Å²) in [5.41, 5.74) is 7.10. The van der Waals surface area contributed by atoms with Gasteiger partial charge < -0.3 is 10.2 Å². The van der Waals surface area contributed by atoms with Gasteiger partial charge in [-0.05, 0) is 65.5 Å². The van der Waals surface area contributed by atoms with E-state index in [0.717, 1.165) is 38.9 Å². The number of rotatable bonds is 4. The van der Waals surface area contributed by atoms with E-state index in [2.05, 4.69) is 60.6 Å². The molecule has 0 aromatic heterocycles. The standard InChI is InChI=1S/C27H36O3/c1-16-10-19(15-20-11-17(2)13-23(24(20)28)27(7,8)9)21(14-18(3)25(29)30)22(12-16)26(4,5)6/h10-14,28H,15H2,1-9H3,(H,29,30). The first-order chi connectivity index (χ1) is 13.6. The molecular weight excluding hydrogens is 372 g/mol. The van der Waals surface area contributed by atoms with Crippen LogP contribution in [0.4, 0.5) is 0 Å². The van der Waals surface area contributed by atoms with Crippen LogP contribution in [0.15, 0.2) is 29.8 Å². The lowest BCUT2D eigenvalue weighted by Crippen LogP contribution is -2.16. The summed E-state index contributed by atoms with van der Waals surface area (Å²) in [7, 11) is 0. The van der Waals surface area contributed by atoms with Gasteiger partial charge in [0.2, 0.25) is 0 Å². The smallest absolute Gasteiger partial charge is 0.331 e. The summed E-state index contributed by atoms with van der Waals surface area (Å²) in [4.78, 5) is 11.5. The molecule has 0 saturated heterocycles. The van der Waals surface area contributed by atoms with Gasteiger partial charge in [-0.15, -0.1) is 0 Å². The van der Waals surface area contributed by atoms with Crippen molar-refractivity contribution in [2.45, 2.75) is 79.6 Å². The van der Waals surface area contributed by atoms with Crippen molar-refractivity contribution < 1.29 is 15.0 Å². The quantitative estimate of drug-likeness (QED) is 0.555. The zero-order valence-corrected chi connectivity index (χ0v) is 19.9. The zero-order valence-electron chi connectivity index (χ0n) is 19.9. The Labute approximate surface area is 181 Å². The number of phenols is 1. The topological polar surface area (TPSA) is 57.5 Å². The predicted molar refractivity (Wildman–Crippen MR) is 126 cm³/mol. The molecule has 0 atom stereocenters.